The molecule has 4 atom stereocenters. The highest BCUT2D eigenvalue weighted by Crippen LogP contribution is 2.46. The number of hydrogen-bond acceptors (Lipinski definition) is 1. The fraction of sp³-hybridized carbons (Fsp3) is 0.529. The van der Waals surface area contributed by atoms with Crippen molar-refractivity contribution in [3.63, 3.8) is 0 Å². The Hall–Kier alpha value is -1.85. The molecule has 7 rings (SSSR count). The summed E-state index contributed by atoms with van der Waals surface area (Å²) in [4.78, 5) is 20.5. The number of quaternary nitrogens is 1. The first kappa shape index (κ1) is 30.6. The van der Waals surface area contributed by atoms with E-state index in [1.165, 1.54) is 59.7 Å². The second-order valence-electron chi connectivity index (χ2n) is 12.8. The van der Waals surface area contributed by atoms with Gasteiger partial charge in [0.05, 0.1) is 18.5 Å². The summed E-state index contributed by atoms with van der Waals surface area (Å²) in [5, 5.41) is 5.75. The largest absolute Gasteiger partial charge is 1.00 e. The van der Waals surface area contributed by atoms with E-state index in [1.54, 1.807) is 0 Å². The lowest BCUT2D eigenvalue weighted by Crippen LogP contribution is -3.00. The highest BCUT2D eigenvalue weighted by molar-refractivity contribution is 6.28. The molecule has 2 aliphatic heterocycles. The van der Waals surface area contributed by atoms with E-state index in [0.29, 0.717) is 28.9 Å². The van der Waals surface area contributed by atoms with E-state index in [2.05, 4.69) is 63.7 Å². The van der Waals surface area contributed by atoms with Gasteiger partial charge in [0.15, 0.2) is 5.69 Å². The van der Waals surface area contributed by atoms with Crippen LogP contribution in [0.5, 0.6) is 0 Å². The van der Waals surface area contributed by atoms with Crippen LogP contribution in [-0.4, -0.2) is 36.5 Å². The van der Waals surface area contributed by atoms with Crippen LogP contribution in [0.25, 0.3) is 10.8 Å². The number of halogens is 3. The third-order valence-corrected chi connectivity index (χ3v) is 11.0. The lowest BCUT2D eigenvalue weighted by atomic mass is 9.64. The van der Waals surface area contributed by atoms with Crippen molar-refractivity contribution in [3.8, 4) is 0 Å². The number of aromatic nitrogens is 1. The molecular formula is C34H42Cl3N3O. The van der Waals surface area contributed by atoms with Gasteiger partial charge in [-0.2, -0.15) is 4.98 Å². The van der Waals surface area contributed by atoms with Crippen molar-refractivity contribution in [2.24, 2.45) is 11.8 Å². The highest BCUT2D eigenvalue weighted by Gasteiger charge is 2.56. The molecule has 3 aromatic rings. The molecule has 2 unspecified atom stereocenters. The third kappa shape index (κ3) is 5.62. The Balaban J connectivity index is 0.00000169. The molecule has 3 N–H and O–H groups in total. The number of rotatable bonds is 3. The Bertz CT molecular complexity index is 1380. The van der Waals surface area contributed by atoms with Gasteiger partial charge < -0.3 is 35.0 Å². The minimum absolute atomic E-state index is 0. The van der Waals surface area contributed by atoms with E-state index in [-0.39, 0.29) is 36.1 Å². The van der Waals surface area contributed by atoms with E-state index >= 15 is 0 Å². The molecule has 4 nitrogen and oxygen atoms in total. The molecule has 1 saturated carbocycles. The molecule has 3 heterocycles. The summed E-state index contributed by atoms with van der Waals surface area (Å²) in [6.45, 7) is 2.81. The molecule has 7 heteroatoms. The zero-order valence-electron chi connectivity index (χ0n) is 23.8. The molecule has 41 heavy (non-hydrogen) atoms. The first-order chi connectivity index (χ1) is 19.1. The average molecular weight is 615 g/mol. The Morgan fingerprint density at radius 3 is 2.59 bits per heavy atom. The summed E-state index contributed by atoms with van der Waals surface area (Å²) in [6.07, 6.45) is 12.0. The van der Waals surface area contributed by atoms with Gasteiger partial charge in [-0.15, -0.1) is 0 Å². The second kappa shape index (κ2) is 12.8. The number of aromatic amines is 1. The second-order valence-corrected chi connectivity index (χ2v) is 13.2. The molecule has 1 spiro atoms. The minimum atomic E-state index is -0.0714. The lowest BCUT2D eigenvalue weighted by Gasteiger charge is -2.47. The highest BCUT2D eigenvalue weighted by atomic mass is 35.5. The number of nitrogens with one attached hydrogen (secondary N) is 1. The van der Waals surface area contributed by atoms with Gasteiger partial charge in [-0.1, -0.05) is 61.7 Å². The van der Waals surface area contributed by atoms with Gasteiger partial charge in [-0.3, -0.25) is 4.79 Å². The number of carbonyl (C=O) groups is 1. The molecule has 0 radical (unpaired) electrons. The van der Waals surface area contributed by atoms with Crippen molar-refractivity contribution in [2.45, 2.75) is 81.6 Å². The average Bonchev–Trinajstić information content (AvgIpc) is 3.40. The Morgan fingerprint density at radius 2 is 1.76 bits per heavy atom. The van der Waals surface area contributed by atoms with Crippen LogP contribution in [0.3, 0.4) is 0 Å². The summed E-state index contributed by atoms with van der Waals surface area (Å²) in [7, 11) is 0. The first-order valence-electron chi connectivity index (χ1n) is 15.4. The standard InChI is InChI=1S/C34H40ClN3O.2ClH/c35-32-15-14-28-30(37-32)11-6-17-34(28)22-36-21-29(34)33(39)38-18-16-27(20-31(38)24-8-2-1-3-9-24)26-13-12-23-7-4-5-10-25(23)19-26;;/h4-5,7,10,12-15,19,24,27,29,31,36H,1-3,6,8-9,11,16-18,20-22H2;2*1H/t27?,29-,31?,34-;;/m0../s1. The number of nitrogens with two attached hydrogens (primary N) is 1. The number of fused-ring (bicyclic) bond motifs is 3. The molecule has 2 aromatic carbocycles. The molecule has 0 bridgehead atoms. The van der Waals surface area contributed by atoms with Crippen LogP contribution in [0.1, 0.15) is 80.5 Å². The summed E-state index contributed by atoms with van der Waals surface area (Å²) in [5.41, 5.74) is 3.99. The molecule has 2 saturated heterocycles. The summed E-state index contributed by atoms with van der Waals surface area (Å²) in [5.74, 6) is 1.65. The fourth-order valence-corrected chi connectivity index (χ4v) is 9.05. The van der Waals surface area contributed by atoms with E-state index in [9.17, 15) is 4.79 Å². The number of aryl methyl sites for hydroxylation is 1. The van der Waals surface area contributed by atoms with Crippen LogP contribution >= 0.6 is 11.6 Å². The number of amides is 1. The Kier molecular flexibility index (Phi) is 9.55. The Morgan fingerprint density at radius 1 is 0.951 bits per heavy atom. The summed E-state index contributed by atoms with van der Waals surface area (Å²) < 4.78 is 0. The molecule has 4 aliphatic rings. The molecule has 220 valence electrons. The van der Waals surface area contributed by atoms with E-state index in [4.69, 9.17) is 11.6 Å². The predicted octanol–water partition coefficient (Wildman–Crippen LogP) is -0.562. The molecule has 1 aromatic heterocycles. The maximum Gasteiger partial charge on any atom is 0.273 e. The number of hydrogen-bond donors (Lipinski definition) is 1. The van der Waals surface area contributed by atoms with Gasteiger partial charge in [0.2, 0.25) is 5.91 Å². The number of pyridine rings is 1. The van der Waals surface area contributed by atoms with Crippen molar-refractivity contribution < 1.29 is 39.9 Å². The maximum absolute atomic E-state index is 14.7. The quantitative estimate of drug-likeness (QED) is 0.396. The number of piperidine rings is 1. The number of likely N-dealkylation sites (tertiary alicyclic amines) is 1. The SMILES string of the molecule is O=C([C@@H]1C[NH2+]C[C@]12CCCc1[nH+]c(Cl)ccc12)N1CCC(c2ccc3ccccc3c2)CC1C1CCCCC1.[Cl-].[Cl-]. The monoisotopic (exact) mass is 613 g/mol. The van der Waals surface area contributed by atoms with Crippen molar-refractivity contribution in [1.29, 1.82) is 0 Å². The minimum Gasteiger partial charge on any atom is -1.00 e. The summed E-state index contributed by atoms with van der Waals surface area (Å²) in [6, 6.07) is 20.3. The van der Waals surface area contributed by atoms with Crippen molar-refractivity contribution in [2.75, 3.05) is 19.6 Å². The van der Waals surface area contributed by atoms with Crippen LogP contribution in [-0.2, 0) is 16.6 Å². The molecule has 1 amide bonds. The third-order valence-electron chi connectivity index (χ3n) is 10.8. The number of nitrogens with zero attached hydrogens (tertiary/aromatic N) is 1. The number of carbonyl (C=O) groups excluding carboxylic acids is 1. The maximum atomic E-state index is 14.7. The van der Waals surface area contributed by atoms with Crippen LogP contribution in [0, 0.1) is 11.8 Å². The van der Waals surface area contributed by atoms with Crippen LogP contribution in [0.4, 0.5) is 0 Å². The van der Waals surface area contributed by atoms with Gasteiger partial charge in [0.25, 0.3) is 5.15 Å². The zero-order valence-corrected chi connectivity index (χ0v) is 26.0. The topological polar surface area (TPSA) is 51.1 Å². The van der Waals surface area contributed by atoms with Crippen LogP contribution < -0.4 is 35.1 Å². The van der Waals surface area contributed by atoms with E-state index in [0.717, 1.165) is 51.7 Å². The first-order valence-corrected chi connectivity index (χ1v) is 15.8. The summed E-state index contributed by atoms with van der Waals surface area (Å²) >= 11 is 6.36. The van der Waals surface area contributed by atoms with Gasteiger partial charge in [-0.25, -0.2) is 0 Å². The van der Waals surface area contributed by atoms with Gasteiger partial charge in [0.1, 0.15) is 5.92 Å². The predicted molar refractivity (Wildman–Crippen MR) is 156 cm³/mol. The van der Waals surface area contributed by atoms with Crippen molar-refractivity contribution in [3.05, 3.63) is 76.6 Å². The number of H-pyrrole nitrogens is 1. The van der Waals surface area contributed by atoms with Crippen LogP contribution in [0.2, 0.25) is 5.15 Å². The van der Waals surface area contributed by atoms with Crippen molar-refractivity contribution in [1.82, 2.24) is 4.90 Å². The van der Waals surface area contributed by atoms with E-state index in [1.807, 2.05) is 6.07 Å². The van der Waals surface area contributed by atoms with Crippen molar-refractivity contribution >= 4 is 28.3 Å². The lowest BCUT2D eigenvalue weighted by molar-refractivity contribution is -0.640. The van der Waals surface area contributed by atoms with E-state index < -0.39 is 0 Å². The van der Waals surface area contributed by atoms with Gasteiger partial charge >= 0.3 is 0 Å². The normalized spacial score (nSPS) is 28.1. The molecule has 3 fully saturated rings. The Labute approximate surface area is 261 Å². The van der Waals surface area contributed by atoms with Crippen LogP contribution in [0.15, 0.2) is 54.6 Å². The number of benzene rings is 2. The molecule has 2 aliphatic carbocycles. The molecular weight excluding hydrogens is 573 g/mol. The van der Waals surface area contributed by atoms with Gasteiger partial charge in [0, 0.05) is 30.6 Å². The van der Waals surface area contributed by atoms with Gasteiger partial charge in [-0.05, 0) is 84.4 Å². The smallest absolute Gasteiger partial charge is 0.273 e. The fourth-order valence-electron chi connectivity index (χ4n) is 8.88. The zero-order chi connectivity index (χ0) is 26.4.